The molecule has 5 fully saturated rings. The number of carbonyl (C=O) groups excluding carboxylic acids is 2. The smallest absolute Gasteiger partial charge is 0.264 e. The van der Waals surface area contributed by atoms with Crippen molar-refractivity contribution in [2.24, 2.45) is 22.7 Å². The van der Waals surface area contributed by atoms with Crippen molar-refractivity contribution in [2.45, 2.75) is 50.9 Å². The predicted molar refractivity (Wildman–Crippen MR) is 182 cm³/mol. The standard InChI is InChI=1S/C37H39N3O5S/c1-3-44-32-17-23(18-33-35(42)40-36(46-33)39-29-9-11-30(43-2)12-10-29)4-13-31(32)45-22-34(41)38-28-7-5-27(6-8-28)37-19-24-14-25(20-37)16-26(15-24)21-37/h4-13,17-18,24-26H,3,14-16,19-22H2,1-2H3,(H,38,41)(H,39,40,42)/b33-18+. The zero-order chi connectivity index (χ0) is 31.7. The maximum Gasteiger partial charge on any atom is 0.264 e. The lowest BCUT2D eigenvalue weighted by molar-refractivity contribution is -0.118. The van der Waals surface area contributed by atoms with Crippen LogP contribution in [0.3, 0.4) is 0 Å². The number of anilines is 1. The molecule has 0 spiro atoms. The summed E-state index contributed by atoms with van der Waals surface area (Å²) in [4.78, 5) is 30.5. The van der Waals surface area contributed by atoms with Crippen LogP contribution in [0.15, 0.2) is 76.6 Å². The monoisotopic (exact) mass is 637 g/mol. The number of nitrogens with one attached hydrogen (secondary N) is 2. The van der Waals surface area contributed by atoms with Gasteiger partial charge in [-0.1, -0.05) is 18.2 Å². The predicted octanol–water partition coefficient (Wildman–Crippen LogP) is 7.47. The average molecular weight is 638 g/mol. The van der Waals surface area contributed by atoms with E-state index in [0.717, 1.165) is 34.8 Å². The summed E-state index contributed by atoms with van der Waals surface area (Å²) in [6.07, 6.45) is 10.0. The number of carbonyl (C=O) groups is 2. The maximum atomic E-state index is 12.8. The minimum atomic E-state index is -0.237. The van der Waals surface area contributed by atoms with Gasteiger partial charge in [-0.2, -0.15) is 0 Å². The molecule has 4 saturated carbocycles. The molecular formula is C37H39N3O5S. The first kappa shape index (κ1) is 30.4. The minimum absolute atomic E-state index is 0.152. The van der Waals surface area contributed by atoms with Gasteiger partial charge in [-0.25, -0.2) is 4.99 Å². The van der Waals surface area contributed by atoms with Crippen molar-refractivity contribution in [3.63, 3.8) is 0 Å². The van der Waals surface area contributed by atoms with Crippen LogP contribution in [-0.4, -0.2) is 37.3 Å². The van der Waals surface area contributed by atoms with Gasteiger partial charge in [0.15, 0.2) is 23.3 Å². The molecule has 3 aromatic carbocycles. The number of nitrogens with zero attached hydrogens (tertiary/aromatic N) is 1. The average Bonchev–Trinajstić information content (AvgIpc) is 3.38. The molecule has 1 heterocycles. The van der Waals surface area contributed by atoms with Crippen molar-refractivity contribution < 1.29 is 23.8 Å². The van der Waals surface area contributed by atoms with E-state index in [4.69, 9.17) is 14.2 Å². The molecule has 9 heteroatoms. The van der Waals surface area contributed by atoms with Crippen LogP contribution >= 0.6 is 11.8 Å². The van der Waals surface area contributed by atoms with Crippen molar-refractivity contribution >= 4 is 46.2 Å². The molecule has 2 N–H and O–H groups in total. The van der Waals surface area contributed by atoms with Crippen LogP contribution in [0.1, 0.15) is 56.6 Å². The Kier molecular flexibility index (Phi) is 8.51. The van der Waals surface area contributed by atoms with Gasteiger partial charge in [-0.15, -0.1) is 0 Å². The van der Waals surface area contributed by atoms with Gasteiger partial charge in [-0.3, -0.25) is 9.59 Å². The van der Waals surface area contributed by atoms with Gasteiger partial charge < -0.3 is 24.8 Å². The first-order valence-corrected chi connectivity index (χ1v) is 16.9. The first-order valence-electron chi connectivity index (χ1n) is 16.1. The summed E-state index contributed by atoms with van der Waals surface area (Å²) in [7, 11) is 1.61. The second kappa shape index (κ2) is 12.9. The molecule has 0 unspecified atom stereocenters. The molecule has 0 atom stereocenters. The third kappa shape index (κ3) is 6.51. The lowest BCUT2D eigenvalue weighted by Crippen LogP contribution is -2.48. The van der Waals surface area contributed by atoms with Gasteiger partial charge >= 0.3 is 0 Å². The van der Waals surface area contributed by atoms with Crippen LogP contribution in [0, 0.1) is 17.8 Å². The number of methoxy groups -OCH3 is 1. The van der Waals surface area contributed by atoms with Crippen molar-refractivity contribution in [1.82, 2.24) is 5.32 Å². The number of aliphatic imine (C=N–C) groups is 1. The summed E-state index contributed by atoms with van der Waals surface area (Å²) in [6.45, 7) is 2.16. The summed E-state index contributed by atoms with van der Waals surface area (Å²) in [5, 5.41) is 6.29. The van der Waals surface area contributed by atoms with Gasteiger partial charge in [0.05, 0.1) is 24.3 Å². The first-order chi connectivity index (χ1) is 22.4. The van der Waals surface area contributed by atoms with Crippen molar-refractivity contribution in [3.05, 3.63) is 82.8 Å². The Morgan fingerprint density at radius 3 is 2.30 bits per heavy atom. The van der Waals surface area contributed by atoms with E-state index in [1.807, 2.05) is 49.4 Å². The number of benzene rings is 3. The number of hydrogen-bond donors (Lipinski definition) is 2. The number of thioether (sulfide) groups is 1. The molecule has 0 aromatic heterocycles. The fourth-order valence-electron chi connectivity index (χ4n) is 8.12. The van der Waals surface area contributed by atoms with E-state index in [-0.39, 0.29) is 18.4 Å². The van der Waals surface area contributed by atoms with Crippen molar-refractivity contribution in [2.75, 3.05) is 25.6 Å². The second-order valence-corrected chi connectivity index (χ2v) is 14.0. The normalized spacial score (nSPS) is 26.3. The highest BCUT2D eigenvalue weighted by atomic mass is 32.2. The maximum absolute atomic E-state index is 12.8. The lowest BCUT2D eigenvalue weighted by Gasteiger charge is -2.57. The molecular weight excluding hydrogens is 598 g/mol. The van der Waals surface area contributed by atoms with Gasteiger partial charge in [-0.05, 0) is 146 Å². The van der Waals surface area contributed by atoms with E-state index >= 15 is 0 Å². The van der Waals surface area contributed by atoms with E-state index in [1.165, 1.54) is 55.9 Å². The summed E-state index contributed by atoms with van der Waals surface area (Å²) < 4.78 is 16.9. The fourth-order valence-corrected chi connectivity index (χ4v) is 8.96. The number of hydrogen-bond acceptors (Lipinski definition) is 7. The van der Waals surface area contributed by atoms with Crippen LogP contribution < -0.4 is 24.8 Å². The largest absolute Gasteiger partial charge is 0.497 e. The van der Waals surface area contributed by atoms with Gasteiger partial charge in [0.1, 0.15) is 5.75 Å². The molecule has 3 aromatic rings. The SMILES string of the molecule is CCOc1cc(/C=C2/SC(=Nc3ccc(OC)cc3)NC2=O)ccc1OCC(=O)Nc1ccc(C23CC4CC(CC(C4)C2)C3)cc1. The molecule has 5 aliphatic rings. The molecule has 8 nitrogen and oxygen atoms in total. The summed E-state index contributed by atoms with van der Waals surface area (Å²) in [6, 6.07) is 21.2. The van der Waals surface area contributed by atoms with E-state index in [9.17, 15) is 9.59 Å². The third-order valence-corrected chi connectivity index (χ3v) is 10.6. The molecule has 4 bridgehead atoms. The number of rotatable bonds is 10. The topological polar surface area (TPSA) is 98.2 Å². The number of amidine groups is 1. The third-order valence-electron chi connectivity index (χ3n) is 9.70. The molecule has 4 aliphatic carbocycles. The summed E-state index contributed by atoms with van der Waals surface area (Å²) >= 11 is 1.27. The molecule has 8 rings (SSSR count). The Morgan fingerprint density at radius 2 is 1.65 bits per heavy atom. The Hall–Kier alpha value is -4.24. The van der Waals surface area contributed by atoms with Gasteiger partial charge in [0.2, 0.25) is 0 Å². The molecule has 238 valence electrons. The Bertz CT molecular complexity index is 1650. The summed E-state index contributed by atoms with van der Waals surface area (Å²) in [5.74, 6) is 3.93. The molecule has 1 saturated heterocycles. The highest BCUT2D eigenvalue weighted by Crippen LogP contribution is 2.60. The van der Waals surface area contributed by atoms with E-state index in [2.05, 4.69) is 27.8 Å². The van der Waals surface area contributed by atoms with E-state index < -0.39 is 0 Å². The van der Waals surface area contributed by atoms with Crippen LogP contribution in [0.2, 0.25) is 0 Å². The Labute approximate surface area is 274 Å². The summed E-state index contributed by atoms with van der Waals surface area (Å²) in [5.41, 5.74) is 4.03. The number of amides is 2. The van der Waals surface area contributed by atoms with E-state index in [0.29, 0.717) is 39.3 Å². The Morgan fingerprint density at radius 1 is 0.957 bits per heavy atom. The van der Waals surface area contributed by atoms with Crippen molar-refractivity contribution in [3.8, 4) is 17.2 Å². The quantitative estimate of drug-likeness (QED) is 0.224. The highest BCUT2D eigenvalue weighted by molar-refractivity contribution is 8.18. The zero-order valence-corrected chi connectivity index (χ0v) is 27.0. The van der Waals surface area contributed by atoms with Crippen LogP contribution in [0.5, 0.6) is 17.2 Å². The van der Waals surface area contributed by atoms with E-state index in [1.54, 1.807) is 25.3 Å². The van der Waals surface area contributed by atoms with Crippen LogP contribution in [0.4, 0.5) is 11.4 Å². The zero-order valence-electron chi connectivity index (χ0n) is 26.2. The lowest BCUT2D eigenvalue weighted by atomic mass is 9.48. The highest BCUT2D eigenvalue weighted by Gasteiger charge is 2.51. The van der Waals surface area contributed by atoms with Crippen molar-refractivity contribution in [1.29, 1.82) is 0 Å². The van der Waals surface area contributed by atoms with Gasteiger partial charge in [0.25, 0.3) is 11.8 Å². The molecule has 2 amide bonds. The fraction of sp³-hybridized carbons (Fsp3) is 0.378. The molecule has 46 heavy (non-hydrogen) atoms. The Balaban J connectivity index is 0.966. The second-order valence-electron chi connectivity index (χ2n) is 12.9. The van der Waals surface area contributed by atoms with Crippen LogP contribution in [-0.2, 0) is 15.0 Å². The van der Waals surface area contributed by atoms with Gasteiger partial charge in [0, 0.05) is 5.69 Å². The molecule has 0 radical (unpaired) electrons. The molecule has 1 aliphatic heterocycles. The number of ether oxygens (including phenoxy) is 3. The van der Waals surface area contributed by atoms with Crippen LogP contribution in [0.25, 0.3) is 6.08 Å². The minimum Gasteiger partial charge on any atom is -0.497 e.